The van der Waals surface area contributed by atoms with Crippen molar-refractivity contribution in [2.45, 2.75) is 26.8 Å². The molecule has 124 valence electrons. The van der Waals surface area contributed by atoms with Crippen LogP contribution >= 0.6 is 12.4 Å². The highest BCUT2D eigenvalue weighted by atomic mass is 35.5. The summed E-state index contributed by atoms with van der Waals surface area (Å²) in [4.78, 5) is 11.7. The van der Waals surface area contributed by atoms with Gasteiger partial charge in [0, 0.05) is 43.7 Å². The van der Waals surface area contributed by atoms with E-state index in [1.807, 2.05) is 0 Å². The maximum absolute atomic E-state index is 13.2. The number of hydrogen-bond donors (Lipinski definition) is 1. The van der Waals surface area contributed by atoms with Crippen LogP contribution in [0.25, 0.3) is 11.3 Å². The highest BCUT2D eigenvalue weighted by Crippen LogP contribution is 2.28. The predicted octanol–water partition coefficient (Wildman–Crippen LogP) is 3.20. The van der Waals surface area contributed by atoms with Crippen molar-refractivity contribution in [2.75, 3.05) is 24.5 Å². The van der Waals surface area contributed by atoms with Crippen molar-refractivity contribution >= 4 is 18.4 Å². The standard InChI is InChI=1S/C17H21FN4.ClH/c1-3-22(4-2)17-20-15-9-10-19-11-14(15)16(21-17)12-5-7-13(18)8-6-12;/h5-8,19H,3-4,9-11H2,1-2H3;1H. The fourth-order valence-corrected chi connectivity index (χ4v) is 2.82. The van der Waals surface area contributed by atoms with Crippen molar-refractivity contribution in [3.05, 3.63) is 41.3 Å². The highest BCUT2D eigenvalue weighted by Gasteiger charge is 2.20. The molecule has 0 fully saturated rings. The minimum atomic E-state index is -0.228. The number of rotatable bonds is 4. The molecule has 2 heterocycles. The van der Waals surface area contributed by atoms with E-state index >= 15 is 0 Å². The van der Waals surface area contributed by atoms with Gasteiger partial charge < -0.3 is 10.2 Å². The summed E-state index contributed by atoms with van der Waals surface area (Å²) in [6.07, 6.45) is 0.903. The Labute approximate surface area is 142 Å². The normalized spacial score (nSPS) is 13.2. The lowest BCUT2D eigenvalue weighted by atomic mass is 10.0. The third kappa shape index (κ3) is 3.62. The molecule has 23 heavy (non-hydrogen) atoms. The lowest BCUT2D eigenvalue weighted by Gasteiger charge is -2.24. The Morgan fingerprint density at radius 3 is 2.48 bits per heavy atom. The van der Waals surface area contributed by atoms with Crippen LogP contribution in [0.15, 0.2) is 24.3 Å². The lowest BCUT2D eigenvalue weighted by molar-refractivity contribution is 0.624. The van der Waals surface area contributed by atoms with Crippen molar-refractivity contribution in [3.8, 4) is 11.3 Å². The molecular formula is C17H22ClFN4. The van der Waals surface area contributed by atoms with E-state index in [1.165, 1.54) is 12.1 Å². The topological polar surface area (TPSA) is 41.1 Å². The van der Waals surface area contributed by atoms with Crippen molar-refractivity contribution in [1.29, 1.82) is 0 Å². The summed E-state index contributed by atoms with van der Waals surface area (Å²) in [6, 6.07) is 6.55. The number of fused-ring (bicyclic) bond motifs is 1. The fourth-order valence-electron chi connectivity index (χ4n) is 2.82. The highest BCUT2D eigenvalue weighted by molar-refractivity contribution is 5.85. The summed E-state index contributed by atoms with van der Waals surface area (Å²) in [5.74, 6) is 0.541. The maximum atomic E-state index is 13.2. The van der Waals surface area contributed by atoms with Gasteiger partial charge in [-0.05, 0) is 38.1 Å². The summed E-state index contributed by atoms with van der Waals surface area (Å²) >= 11 is 0. The maximum Gasteiger partial charge on any atom is 0.226 e. The molecule has 0 radical (unpaired) electrons. The molecule has 1 N–H and O–H groups in total. The van der Waals surface area contributed by atoms with Crippen LogP contribution in [0.5, 0.6) is 0 Å². The summed E-state index contributed by atoms with van der Waals surface area (Å²) < 4.78 is 13.2. The lowest BCUT2D eigenvalue weighted by Crippen LogP contribution is -2.29. The van der Waals surface area contributed by atoms with Gasteiger partial charge in [0.15, 0.2) is 0 Å². The molecule has 0 saturated heterocycles. The molecule has 6 heteroatoms. The molecule has 4 nitrogen and oxygen atoms in total. The molecule has 0 atom stereocenters. The SMILES string of the molecule is CCN(CC)c1nc2c(c(-c3ccc(F)cc3)n1)CNCC2.Cl. The van der Waals surface area contributed by atoms with Crippen LogP contribution in [0, 0.1) is 5.82 Å². The average molecular weight is 337 g/mol. The van der Waals surface area contributed by atoms with E-state index in [0.29, 0.717) is 0 Å². The summed E-state index contributed by atoms with van der Waals surface area (Å²) in [5.41, 5.74) is 4.10. The zero-order valence-electron chi connectivity index (χ0n) is 13.5. The zero-order valence-corrected chi connectivity index (χ0v) is 14.3. The Morgan fingerprint density at radius 2 is 1.83 bits per heavy atom. The zero-order chi connectivity index (χ0) is 15.5. The van der Waals surface area contributed by atoms with Crippen LogP contribution in [-0.2, 0) is 13.0 Å². The van der Waals surface area contributed by atoms with Gasteiger partial charge >= 0.3 is 0 Å². The Bertz CT molecular complexity index is 656. The predicted molar refractivity (Wildman–Crippen MR) is 93.6 cm³/mol. The number of benzene rings is 1. The van der Waals surface area contributed by atoms with E-state index in [4.69, 9.17) is 9.97 Å². The van der Waals surface area contributed by atoms with E-state index in [2.05, 4.69) is 24.1 Å². The van der Waals surface area contributed by atoms with Crippen LogP contribution in [-0.4, -0.2) is 29.6 Å². The minimum Gasteiger partial charge on any atom is -0.341 e. The fraction of sp³-hybridized carbons (Fsp3) is 0.412. The van der Waals surface area contributed by atoms with Gasteiger partial charge in [-0.25, -0.2) is 14.4 Å². The summed E-state index contributed by atoms with van der Waals surface area (Å²) in [7, 11) is 0. The average Bonchev–Trinajstić information content (AvgIpc) is 2.56. The van der Waals surface area contributed by atoms with Gasteiger partial charge in [-0.2, -0.15) is 0 Å². The largest absolute Gasteiger partial charge is 0.341 e. The third-order valence-corrected chi connectivity index (χ3v) is 4.09. The van der Waals surface area contributed by atoms with Gasteiger partial charge in [0.05, 0.1) is 11.4 Å². The molecule has 1 aromatic heterocycles. The smallest absolute Gasteiger partial charge is 0.226 e. The molecule has 2 aromatic rings. The molecule has 1 aliphatic heterocycles. The first-order valence-corrected chi connectivity index (χ1v) is 7.84. The number of aromatic nitrogens is 2. The number of nitrogens with one attached hydrogen (secondary N) is 1. The Balaban J connectivity index is 0.00000192. The Hall–Kier alpha value is -1.72. The monoisotopic (exact) mass is 336 g/mol. The first-order chi connectivity index (χ1) is 10.7. The van der Waals surface area contributed by atoms with E-state index in [1.54, 1.807) is 12.1 Å². The van der Waals surface area contributed by atoms with Gasteiger partial charge in [0.1, 0.15) is 5.82 Å². The Morgan fingerprint density at radius 1 is 1.13 bits per heavy atom. The van der Waals surface area contributed by atoms with Crippen LogP contribution < -0.4 is 10.2 Å². The van der Waals surface area contributed by atoms with Crippen molar-refractivity contribution in [1.82, 2.24) is 15.3 Å². The van der Waals surface area contributed by atoms with Gasteiger partial charge in [-0.3, -0.25) is 0 Å². The van der Waals surface area contributed by atoms with E-state index in [9.17, 15) is 4.39 Å². The van der Waals surface area contributed by atoms with Gasteiger partial charge in [0.25, 0.3) is 0 Å². The number of halogens is 2. The first-order valence-electron chi connectivity index (χ1n) is 7.84. The number of hydrogen-bond acceptors (Lipinski definition) is 4. The second-order valence-corrected chi connectivity index (χ2v) is 5.40. The van der Waals surface area contributed by atoms with Crippen LogP contribution in [0.1, 0.15) is 25.1 Å². The molecule has 0 bridgehead atoms. The first kappa shape index (κ1) is 17.6. The summed E-state index contributed by atoms with van der Waals surface area (Å²) in [6.45, 7) is 7.65. The van der Waals surface area contributed by atoms with Gasteiger partial charge in [0.2, 0.25) is 5.95 Å². The molecule has 0 aliphatic carbocycles. The molecule has 1 aromatic carbocycles. The molecule has 0 amide bonds. The van der Waals surface area contributed by atoms with Gasteiger partial charge in [-0.15, -0.1) is 12.4 Å². The van der Waals surface area contributed by atoms with Crippen molar-refractivity contribution in [3.63, 3.8) is 0 Å². The third-order valence-electron chi connectivity index (χ3n) is 4.09. The van der Waals surface area contributed by atoms with E-state index < -0.39 is 0 Å². The summed E-state index contributed by atoms with van der Waals surface area (Å²) in [5, 5.41) is 3.37. The molecule has 0 unspecified atom stereocenters. The second-order valence-electron chi connectivity index (χ2n) is 5.40. The Kier molecular flexibility index (Phi) is 5.91. The second kappa shape index (κ2) is 7.70. The molecular weight excluding hydrogens is 315 g/mol. The molecule has 0 spiro atoms. The number of anilines is 1. The van der Waals surface area contributed by atoms with E-state index in [0.717, 1.165) is 61.1 Å². The molecule has 1 aliphatic rings. The van der Waals surface area contributed by atoms with Crippen LogP contribution in [0.3, 0.4) is 0 Å². The molecule has 3 rings (SSSR count). The number of nitrogens with zero attached hydrogens (tertiary/aromatic N) is 3. The molecule has 0 saturated carbocycles. The van der Waals surface area contributed by atoms with Crippen LogP contribution in [0.4, 0.5) is 10.3 Å². The van der Waals surface area contributed by atoms with Crippen molar-refractivity contribution < 1.29 is 4.39 Å². The quantitative estimate of drug-likeness (QED) is 0.931. The van der Waals surface area contributed by atoms with Crippen molar-refractivity contribution in [2.24, 2.45) is 0 Å². The van der Waals surface area contributed by atoms with Crippen LogP contribution in [0.2, 0.25) is 0 Å². The van der Waals surface area contributed by atoms with E-state index in [-0.39, 0.29) is 18.2 Å². The minimum absolute atomic E-state index is 0. The van der Waals surface area contributed by atoms with Gasteiger partial charge in [-0.1, -0.05) is 0 Å².